The monoisotopic (exact) mass is 389 g/mol. The average molecular weight is 390 g/mol. The van der Waals surface area contributed by atoms with E-state index in [-0.39, 0.29) is 18.4 Å². The van der Waals surface area contributed by atoms with Gasteiger partial charge in [0.2, 0.25) is 11.8 Å². The van der Waals surface area contributed by atoms with E-state index < -0.39 is 0 Å². The number of carbonyl (C=O) groups is 2. The highest BCUT2D eigenvalue weighted by Crippen LogP contribution is 2.36. The standard InChI is InChI=1S/C21H31N3O2S/c1-23(14-20(25)22-18-9-5-6-10-19(18)27-2)15-21(26)24-12-11-16-7-3-4-8-17(16)13-24/h5-6,9-10,16-17H,3-4,7-8,11-15H2,1-2H3,(H,22,25)/t16-,17-/m1/s1. The van der Waals surface area contributed by atoms with Gasteiger partial charge in [0.15, 0.2) is 0 Å². The Labute approximate surface area is 166 Å². The van der Waals surface area contributed by atoms with Crippen molar-refractivity contribution in [1.29, 1.82) is 0 Å². The number of amides is 2. The summed E-state index contributed by atoms with van der Waals surface area (Å²) in [4.78, 5) is 29.9. The SMILES string of the molecule is CSc1ccccc1NC(=O)CN(C)CC(=O)N1CC[C@H]2CCCC[C@@H]2C1. The highest BCUT2D eigenvalue weighted by molar-refractivity contribution is 7.98. The van der Waals surface area contributed by atoms with E-state index in [0.717, 1.165) is 36.0 Å². The summed E-state index contributed by atoms with van der Waals surface area (Å²) < 4.78 is 0. The van der Waals surface area contributed by atoms with Crippen molar-refractivity contribution in [2.75, 3.05) is 44.8 Å². The predicted molar refractivity (Wildman–Crippen MR) is 111 cm³/mol. The molecule has 1 aliphatic carbocycles. The minimum atomic E-state index is -0.0854. The molecular weight excluding hydrogens is 358 g/mol. The Morgan fingerprint density at radius 1 is 1.15 bits per heavy atom. The van der Waals surface area contributed by atoms with Crippen molar-refractivity contribution >= 4 is 29.3 Å². The second-order valence-electron chi connectivity index (χ2n) is 7.85. The van der Waals surface area contributed by atoms with Gasteiger partial charge in [0.25, 0.3) is 0 Å². The zero-order valence-corrected chi connectivity index (χ0v) is 17.3. The molecule has 0 aromatic heterocycles. The Morgan fingerprint density at radius 2 is 1.89 bits per heavy atom. The number of carbonyl (C=O) groups excluding carboxylic acids is 2. The number of hydrogen-bond donors (Lipinski definition) is 1. The number of benzene rings is 1. The second kappa shape index (κ2) is 9.60. The van der Waals surface area contributed by atoms with Gasteiger partial charge >= 0.3 is 0 Å². The molecule has 6 heteroatoms. The fourth-order valence-electron chi connectivity index (χ4n) is 4.40. The van der Waals surface area contributed by atoms with Crippen molar-refractivity contribution in [3.63, 3.8) is 0 Å². The van der Waals surface area contributed by atoms with Crippen LogP contribution < -0.4 is 5.32 Å². The molecule has 27 heavy (non-hydrogen) atoms. The van der Waals surface area contributed by atoms with Crippen LogP contribution in [0.25, 0.3) is 0 Å². The van der Waals surface area contributed by atoms with E-state index in [9.17, 15) is 9.59 Å². The molecule has 2 aliphatic rings. The van der Waals surface area contributed by atoms with Crippen molar-refractivity contribution < 1.29 is 9.59 Å². The molecule has 1 heterocycles. The first kappa shape index (κ1) is 20.2. The molecule has 0 spiro atoms. The van der Waals surface area contributed by atoms with Crippen molar-refractivity contribution in [2.24, 2.45) is 11.8 Å². The highest BCUT2D eigenvalue weighted by Gasteiger charge is 2.33. The lowest BCUT2D eigenvalue weighted by molar-refractivity contribution is -0.135. The zero-order valence-electron chi connectivity index (χ0n) is 16.4. The Balaban J connectivity index is 1.46. The number of anilines is 1. The van der Waals surface area contributed by atoms with Crippen LogP contribution in [0.2, 0.25) is 0 Å². The van der Waals surface area contributed by atoms with E-state index in [0.29, 0.717) is 12.5 Å². The lowest BCUT2D eigenvalue weighted by Crippen LogP contribution is -2.48. The summed E-state index contributed by atoms with van der Waals surface area (Å²) in [5.41, 5.74) is 0.828. The maximum Gasteiger partial charge on any atom is 0.238 e. The normalized spacial score (nSPS) is 22.4. The van der Waals surface area contributed by atoms with E-state index in [1.165, 1.54) is 25.7 Å². The number of para-hydroxylation sites is 1. The predicted octanol–water partition coefficient (Wildman–Crippen LogP) is 3.32. The van der Waals surface area contributed by atoms with Crippen LogP contribution in [-0.2, 0) is 9.59 Å². The number of thioether (sulfide) groups is 1. The van der Waals surface area contributed by atoms with Crippen LogP contribution in [0, 0.1) is 11.8 Å². The van der Waals surface area contributed by atoms with Crippen LogP contribution >= 0.6 is 11.8 Å². The first-order valence-electron chi connectivity index (χ1n) is 9.96. The summed E-state index contributed by atoms with van der Waals surface area (Å²) in [5.74, 6) is 1.58. The summed E-state index contributed by atoms with van der Waals surface area (Å²) in [7, 11) is 1.84. The molecule has 1 saturated heterocycles. The molecule has 1 N–H and O–H groups in total. The molecule has 2 atom stereocenters. The first-order valence-corrected chi connectivity index (χ1v) is 11.2. The van der Waals surface area contributed by atoms with Crippen LogP contribution in [-0.4, -0.2) is 61.1 Å². The second-order valence-corrected chi connectivity index (χ2v) is 8.70. The third-order valence-electron chi connectivity index (χ3n) is 5.84. The molecule has 2 amide bonds. The molecule has 0 radical (unpaired) electrons. The smallest absolute Gasteiger partial charge is 0.238 e. The number of likely N-dealkylation sites (tertiary alicyclic amines) is 1. The van der Waals surface area contributed by atoms with Crippen molar-refractivity contribution in [3.8, 4) is 0 Å². The fourth-order valence-corrected chi connectivity index (χ4v) is 4.95. The molecule has 5 nitrogen and oxygen atoms in total. The van der Waals surface area contributed by atoms with Gasteiger partial charge in [0.05, 0.1) is 18.8 Å². The Hall–Kier alpha value is -1.53. The molecule has 148 valence electrons. The Kier molecular flexibility index (Phi) is 7.19. The number of nitrogens with zero attached hydrogens (tertiary/aromatic N) is 2. The fraction of sp³-hybridized carbons (Fsp3) is 0.619. The van der Waals surface area contributed by atoms with E-state index in [2.05, 4.69) is 5.32 Å². The van der Waals surface area contributed by atoms with E-state index in [4.69, 9.17) is 0 Å². The van der Waals surface area contributed by atoms with Gasteiger partial charge in [0, 0.05) is 18.0 Å². The number of fused-ring (bicyclic) bond motifs is 1. The van der Waals surface area contributed by atoms with Crippen LogP contribution in [0.1, 0.15) is 32.1 Å². The third-order valence-corrected chi connectivity index (χ3v) is 6.64. The highest BCUT2D eigenvalue weighted by atomic mass is 32.2. The average Bonchev–Trinajstić information content (AvgIpc) is 2.67. The largest absolute Gasteiger partial charge is 0.341 e. The van der Waals surface area contributed by atoms with Gasteiger partial charge in [-0.1, -0.05) is 31.4 Å². The molecule has 1 aromatic rings. The Bertz CT molecular complexity index is 667. The van der Waals surface area contributed by atoms with Crippen LogP contribution in [0.5, 0.6) is 0 Å². The minimum Gasteiger partial charge on any atom is -0.341 e. The molecule has 0 bridgehead atoms. The van der Waals surface area contributed by atoms with Gasteiger partial charge in [-0.25, -0.2) is 0 Å². The lowest BCUT2D eigenvalue weighted by atomic mass is 9.75. The van der Waals surface area contributed by atoms with Crippen molar-refractivity contribution in [1.82, 2.24) is 9.80 Å². The Morgan fingerprint density at radius 3 is 2.67 bits per heavy atom. The number of rotatable bonds is 6. The third kappa shape index (κ3) is 5.48. The quantitative estimate of drug-likeness (QED) is 0.759. The van der Waals surface area contributed by atoms with E-state index >= 15 is 0 Å². The van der Waals surface area contributed by atoms with Crippen LogP contribution in [0.15, 0.2) is 29.2 Å². The molecule has 1 aromatic carbocycles. The topological polar surface area (TPSA) is 52.7 Å². The van der Waals surface area contributed by atoms with Crippen LogP contribution in [0.4, 0.5) is 5.69 Å². The zero-order chi connectivity index (χ0) is 19.2. The van der Waals surface area contributed by atoms with Crippen LogP contribution in [0.3, 0.4) is 0 Å². The van der Waals surface area contributed by atoms with Gasteiger partial charge in [-0.05, 0) is 50.1 Å². The van der Waals surface area contributed by atoms with Gasteiger partial charge in [-0.15, -0.1) is 11.8 Å². The summed E-state index contributed by atoms with van der Waals surface area (Å²) >= 11 is 1.61. The molecule has 3 rings (SSSR count). The summed E-state index contributed by atoms with van der Waals surface area (Å²) in [6.45, 7) is 2.30. The van der Waals surface area contributed by atoms with Crippen molar-refractivity contribution in [3.05, 3.63) is 24.3 Å². The molecular formula is C21H31N3O2S. The van der Waals surface area contributed by atoms with Gasteiger partial charge in [-0.3, -0.25) is 14.5 Å². The maximum atomic E-state index is 12.7. The number of nitrogens with one attached hydrogen (secondary N) is 1. The van der Waals surface area contributed by atoms with E-state index in [1.54, 1.807) is 11.8 Å². The summed E-state index contributed by atoms with van der Waals surface area (Å²) in [6, 6.07) is 7.77. The molecule has 0 unspecified atom stereocenters. The van der Waals surface area contributed by atoms with Crippen molar-refractivity contribution in [2.45, 2.75) is 37.0 Å². The molecule has 1 saturated carbocycles. The van der Waals surface area contributed by atoms with Gasteiger partial charge in [0.1, 0.15) is 0 Å². The molecule has 1 aliphatic heterocycles. The summed E-state index contributed by atoms with van der Waals surface area (Å²) in [6.07, 6.45) is 8.40. The maximum absolute atomic E-state index is 12.7. The summed E-state index contributed by atoms with van der Waals surface area (Å²) in [5, 5.41) is 2.96. The minimum absolute atomic E-state index is 0.0854. The molecule has 2 fully saturated rings. The number of likely N-dealkylation sites (N-methyl/N-ethyl adjacent to an activating group) is 1. The first-order chi connectivity index (χ1) is 13.1. The van der Waals surface area contributed by atoms with Gasteiger partial charge in [-0.2, -0.15) is 0 Å². The van der Waals surface area contributed by atoms with E-state index in [1.807, 2.05) is 47.4 Å². The lowest BCUT2D eigenvalue weighted by Gasteiger charge is -2.41. The number of piperidine rings is 1. The van der Waals surface area contributed by atoms with Gasteiger partial charge < -0.3 is 10.2 Å². The number of hydrogen-bond acceptors (Lipinski definition) is 4.